The van der Waals surface area contributed by atoms with E-state index in [-0.39, 0.29) is 29.9 Å². The fourth-order valence-corrected chi connectivity index (χ4v) is 2.83. The predicted octanol–water partition coefficient (Wildman–Crippen LogP) is 0.494. The van der Waals surface area contributed by atoms with E-state index in [4.69, 9.17) is 5.73 Å². The number of aromatic nitrogens is 2. The number of halogens is 1. The minimum absolute atomic E-state index is 0. The van der Waals surface area contributed by atoms with Crippen LogP contribution < -0.4 is 10.5 Å². The van der Waals surface area contributed by atoms with Crippen molar-refractivity contribution < 1.29 is 8.42 Å². The molecule has 3 N–H and O–H groups in total. The van der Waals surface area contributed by atoms with E-state index < -0.39 is 10.0 Å². The van der Waals surface area contributed by atoms with Crippen molar-refractivity contribution in [3.8, 4) is 0 Å². The summed E-state index contributed by atoms with van der Waals surface area (Å²) in [6.07, 6.45) is 3.51. The topological polar surface area (TPSA) is 90.0 Å². The lowest BCUT2D eigenvalue weighted by Gasteiger charge is -2.18. The number of nitrogens with one attached hydrogen (secondary N) is 1. The number of sulfonamides is 1. The molecule has 0 saturated heterocycles. The monoisotopic (exact) mass is 296 g/mol. The summed E-state index contributed by atoms with van der Waals surface area (Å²) in [5.41, 5.74) is 5.56. The van der Waals surface area contributed by atoms with Crippen LogP contribution >= 0.6 is 12.4 Å². The Morgan fingerprint density at radius 3 is 2.50 bits per heavy atom. The van der Waals surface area contributed by atoms with Crippen LogP contribution in [0.3, 0.4) is 0 Å². The largest absolute Gasteiger partial charge is 0.329 e. The molecule has 18 heavy (non-hydrogen) atoms. The van der Waals surface area contributed by atoms with Crippen LogP contribution in [0.25, 0.3) is 0 Å². The van der Waals surface area contributed by atoms with Crippen LogP contribution in [-0.4, -0.2) is 30.8 Å². The molecule has 1 rings (SSSR count). The minimum Gasteiger partial charge on any atom is -0.329 e. The lowest BCUT2D eigenvalue weighted by Crippen LogP contribution is -2.40. The first-order chi connectivity index (χ1) is 7.85. The molecule has 6 nitrogen and oxygen atoms in total. The van der Waals surface area contributed by atoms with Gasteiger partial charge in [-0.05, 0) is 12.3 Å². The molecule has 0 aliphatic heterocycles. The molecule has 1 aromatic rings. The molecule has 0 aromatic carbocycles. The highest BCUT2D eigenvalue weighted by atomic mass is 35.5. The number of nitrogens with zero attached hydrogens (tertiary/aromatic N) is 2. The standard InChI is InChI=1S/C10H20N4O2S.ClH/c1-8(2)4-9(5-11)13-17(15,16)10-6-12-14(3)7-10;/h6-9,13H,4-5,11H2,1-3H3;1H. The van der Waals surface area contributed by atoms with Gasteiger partial charge in [0.2, 0.25) is 10.0 Å². The van der Waals surface area contributed by atoms with Gasteiger partial charge in [0.15, 0.2) is 0 Å². The van der Waals surface area contributed by atoms with Crippen molar-refractivity contribution in [2.75, 3.05) is 6.54 Å². The van der Waals surface area contributed by atoms with Gasteiger partial charge in [0.1, 0.15) is 4.90 Å². The van der Waals surface area contributed by atoms with Gasteiger partial charge in [-0.2, -0.15) is 5.10 Å². The average molecular weight is 297 g/mol. The molecule has 0 saturated carbocycles. The molecule has 0 aliphatic carbocycles. The molecule has 106 valence electrons. The van der Waals surface area contributed by atoms with Gasteiger partial charge >= 0.3 is 0 Å². The number of nitrogens with two attached hydrogens (primary N) is 1. The third kappa shape index (κ3) is 4.93. The van der Waals surface area contributed by atoms with E-state index in [1.165, 1.54) is 17.1 Å². The molecule has 1 aromatic heterocycles. The molecule has 1 heterocycles. The van der Waals surface area contributed by atoms with Crippen molar-refractivity contribution in [1.29, 1.82) is 0 Å². The second kappa shape index (κ2) is 7.08. The van der Waals surface area contributed by atoms with Gasteiger partial charge in [-0.25, -0.2) is 13.1 Å². The number of aryl methyl sites for hydroxylation is 1. The van der Waals surface area contributed by atoms with Crippen molar-refractivity contribution in [3.63, 3.8) is 0 Å². The third-order valence-electron chi connectivity index (χ3n) is 2.35. The first kappa shape index (κ1) is 17.4. The van der Waals surface area contributed by atoms with Crippen LogP contribution in [0.1, 0.15) is 20.3 Å². The predicted molar refractivity (Wildman–Crippen MR) is 73.1 cm³/mol. The summed E-state index contributed by atoms with van der Waals surface area (Å²) in [7, 11) is -1.84. The van der Waals surface area contributed by atoms with Crippen LogP contribution in [0, 0.1) is 5.92 Å². The molecule has 0 aliphatic rings. The van der Waals surface area contributed by atoms with E-state index in [1.807, 2.05) is 13.8 Å². The van der Waals surface area contributed by atoms with E-state index in [9.17, 15) is 8.42 Å². The molecule has 1 atom stereocenters. The molecule has 8 heteroatoms. The molecule has 0 bridgehead atoms. The Hall–Kier alpha value is -0.630. The average Bonchev–Trinajstić information content (AvgIpc) is 2.63. The van der Waals surface area contributed by atoms with Crippen molar-refractivity contribution >= 4 is 22.4 Å². The summed E-state index contributed by atoms with van der Waals surface area (Å²) in [6, 6.07) is -0.236. The van der Waals surface area contributed by atoms with E-state index in [2.05, 4.69) is 9.82 Å². The second-order valence-corrected chi connectivity index (χ2v) is 6.25. The Kier molecular flexibility index (Phi) is 6.83. The lowest BCUT2D eigenvalue weighted by molar-refractivity contribution is 0.465. The molecule has 0 radical (unpaired) electrons. The minimum atomic E-state index is -3.51. The summed E-state index contributed by atoms with van der Waals surface area (Å²) >= 11 is 0. The molecular formula is C10H21ClN4O2S. The van der Waals surface area contributed by atoms with Crippen LogP contribution in [0.2, 0.25) is 0 Å². The highest BCUT2D eigenvalue weighted by molar-refractivity contribution is 7.89. The van der Waals surface area contributed by atoms with Crippen molar-refractivity contribution in [2.45, 2.75) is 31.2 Å². The fourth-order valence-electron chi connectivity index (χ4n) is 1.59. The van der Waals surface area contributed by atoms with E-state index in [1.54, 1.807) is 7.05 Å². The van der Waals surface area contributed by atoms with Crippen molar-refractivity contribution in [3.05, 3.63) is 12.4 Å². The van der Waals surface area contributed by atoms with Gasteiger partial charge in [0.25, 0.3) is 0 Å². The molecule has 0 fully saturated rings. The summed E-state index contributed by atoms with van der Waals surface area (Å²) in [6.45, 7) is 4.35. The van der Waals surface area contributed by atoms with Gasteiger partial charge < -0.3 is 5.73 Å². The quantitative estimate of drug-likeness (QED) is 0.799. The van der Waals surface area contributed by atoms with Crippen molar-refractivity contribution in [2.24, 2.45) is 18.7 Å². The zero-order valence-electron chi connectivity index (χ0n) is 10.8. The SMILES string of the molecule is CC(C)CC(CN)NS(=O)(=O)c1cnn(C)c1.Cl. The molecule has 0 spiro atoms. The third-order valence-corrected chi connectivity index (χ3v) is 3.83. The first-order valence-corrected chi connectivity index (χ1v) is 7.04. The van der Waals surface area contributed by atoms with E-state index in [0.29, 0.717) is 5.92 Å². The Balaban J connectivity index is 0.00000289. The van der Waals surface area contributed by atoms with Crippen molar-refractivity contribution in [1.82, 2.24) is 14.5 Å². The summed E-state index contributed by atoms with van der Waals surface area (Å²) in [4.78, 5) is 0.169. The first-order valence-electron chi connectivity index (χ1n) is 5.56. The highest BCUT2D eigenvalue weighted by Crippen LogP contribution is 2.10. The van der Waals surface area contributed by atoms with E-state index >= 15 is 0 Å². The Bertz CT molecular complexity index is 458. The Labute approximate surface area is 114 Å². The smallest absolute Gasteiger partial charge is 0.243 e. The van der Waals surface area contributed by atoms with E-state index in [0.717, 1.165) is 6.42 Å². The van der Waals surface area contributed by atoms with Gasteiger partial charge in [-0.1, -0.05) is 13.8 Å². The maximum absolute atomic E-state index is 12.0. The van der Waals surface area contributed by atoms with Gasteiger partial charge in [-0.15, -0.1) is 12.4 Å². The zero-order valence-corrected chi connectivity index (χ0v) is 12.5. The second-order valence-electron chi connectivity index (χ2n) is 4.53. The number of hydrogen-bond acceptors (Lipinski definition) is 4. The molecular weight excluding hydrogens is 276 g/mol. The van der Waals surface area contributed by atoms with Gasteiger partial charge in [-0.3, -0.25) is 4.68 Å². The summed E-state index contributed by atoms with van der Waals surface area (Å²) in [5.74, 6) is 0.389. The van der Waals surface area contributed by atoms with Crippen LogP contribution in [-0.2, 0) is 17.1 Å². The maximum Gasteiger partial charge on any atom is 0.243 e. The normalized spacial score (nSPS) is 13.4. The maximum atomic E-state index is 12.0. The van der Waals surface area contributed by atoms with Crippen LogP contribution in [0.4, 0.5) is 0 Å². The molecule has 0 amide bonds. The fraction of sp³-hybridized carbons (Fsp3) is 0.700. The zero-order chi connectivity index (χ0) is 13.1. The number of rotatable bonds is 6. The Morgan fingerprint density at radius 1 is 1.50 bits per heavy atom. The highest BCUT2D eigenvalue weighted by Gasteiger charge is 2.21. The number of hydrogen-bond donors (Lipinski definition) is 2. The van der Waals surface area contributed by atoms with Crippen LogP contribution in [0.15, 0.2) is 17.3 Å². The Morgan fingerprint density at radius 2 is 2.11 bits per heavy atom. The van der Waals surface area contributed by atoms with Gasteiger partial charge in [0.05, 0.1) is 6.20 Å². The lowest BCUT2D eigenvalue weighted by atomic mass is 10.1. The van der Waals surface area contributed by atoms with Crippen LogP contribution in [0.5, 0.6) is 0 Å². The summed E-state index contributed by atoms with van der Waals surface area (Å²) in [5, 5.41) is 3.84. The van der Waals surface area contributed by atoms with Gasteiger partial charge in [0, 0.05) is 25.8 Å². The summed E-state index contributed by atoms with van der Waals surface area (Å²) < 4.78 is 28.0. The molecule has 1 unspecified atom stereocenters.